The van der Waals surface area contributed by atoms with Gasteiger partial charge in [-0.05, 0) is 37.6 Å². The molecule has 2 aliphatic rings. The lowest BCUT2D eigenvalue weighted by molar-refractivity contribution is -0.281. The number of benzene rings is 2. The number of ether oxygens (including phenoxy) is 6. The molecule has 3 heterocycles. The lowest BCUT2D eigenvalue weighted by atomic mass is 9.99. The van der Waals surface area contributed by atoms with E-state index >= 15 is 0 Å². The van der Waals surface area contributed by atoms with Crippen LogP contribution in [0.25, 0.3) is 22.3 Å². The summed E-state index contributed by atoms with van der Waals surface area (Å²) in [4.78, 5) is 38.4. The van der Waals surface area contributed by atoms with Crippen molar-refractivity contribution in [3.05, 3.63) is 46.6 Å². The number of fused-ring (bicyclic) bond motifs is 1. The minimum absolute atomic E-state index is 0.134. The van der Waals surface area contributed by atoms with Gasteiger partial charge in [-0.25, -0.2) is 0 Å². The molecule has 11 unspecified atom stereocenters. The number of carbonyl (C=O) groups is 2. The van der Waals surface area contributed by atoms with E-state index < -0.39 is 108 Å². The molecular weight excluding hydrogens is 680 g/mol. The van der Waals surface area contributed by atoms with E-state index in [1.165, 1.54) is 37.3 Å². The van der Waals surface area contributed by atoms with Gasteiger partial charge in [0.2, 0.25) is 23.8 Å². The highest BCUT2D eigenvalue weighted by atomic mass is 16.7. The molecule has 0 bridgehead atoms. The Hall–Kier alpha value is -4.49. The highest BCUT2D eigenvalue weighted by Gasteiger charge is 2.49. The predicted molar refractivity (Wildman–Crippen MR) is 172 cm³/mol. The average molecular weight is 721 g/mol. The molecule has 2 saturated heterocycles. The largest absolute Gasteiger partial charge is 0.508 e. The molecule has 5 rings (SSSR count). The fraction of sp³-hybridized carbons (Fsp3) is 0.500. The van der Waals surface area contributed by atoms with Crippen LogP contribution in [-0.4, -0.2) is 116 Å². The van der Waals surface area contributed by atoms with Gasteiger partial charge in [0.25, 0.3) is 0 Å². The molecule has 1 aromatic heterocycles. The summed E-state index contributed by atoms with van der Waals surface area (Å²) in [5, 5.41) is 73.0. The van der Waals surface area contributed by atoms with Crippen molar-refractivity contribution in [2.45, 2.75) is 95.5 Å². The highest BCUT2D eigenvalue weighted by Crippen LogP contribution is 2.39. The van der Waals surface area contributed by atoms with Crippen molar-refractivity contribution in [3.63, 3.8) is 0 Å². The van der Waals surface area contributed by atoms with Gasteiger partial charge in [-0.2, -0.15) is 0 Å². The number of aliphatic hydroxyl groups excluding tert-OH is 5. The number of esters is 2. The van der Waals surface area contributed by atoms with Crippen molar-refractivity contribution in [1.82, 2.24) is 0 Å². The molecule has 2 fully saturated rings. The molecule has 7 N–H and O–H groups in total. The summed E-state index contributed by atoms with van der Waals surface area (Å²) in [5.41, 5.74) is -1.10. The first-order valence-corrected chi connectivity index (χ1v) is 16.1. The smallest absolute Gasteiger partial charge is 0.309 e. The number of phenolic OH excluding ortho intramolecular Hbond substituents is 2. The van der Waals surface area contributed by atoms with Gasteiger partial charge in [-0.15, -0.1) is 0 Å². The van der Waals surface area contributed by atoms with Gasteiger partial charge in [0.05, 0.1) is 18.6 Å². The molecule has 2 aromatic carbocycles. The van der Waals surface area contributed by atoms with E-state index in [2.05, 4.69) is 0 Å². The van der Waals surface area contributed by atoms with Crippen LogP contribution in [0.5, 0.6) is 23.0 Å². The number of phenols is 2. The van der Waals surface area contributed by atoms with Gasteiger partial charge in [-0.3, -0.25) is 14.4 Å². The van der Waals surface area contributed by atoms with Crippen molar-refractivity contribution in [1.29, 1.82) is 0 Å². The molecule has 0 spiro atoms. The maximum absolute atomic E-state index is 14.1. The van der Waals surface area contributed by atoms with Crippen LogP contribution in [0.3, 0.4) is 0 Å². The number of hydrogen-bond donors (Lipinski definition) is 7. The minimum Gasteiger partial charge on any atom is -0.508 e. The summed E-state index contributed by atoms with van der Waals surface area (Å²) in [6.07, 6.45) is -15.0. The molecule has 278 valence electrons. The van der Waals surface area contributed by atoms with Crippen LogP contribution in [0.1, 0.15) is 34.1 Å². The minimum atomic E-state index is -1.88. The highest BCUT2D eigenvalue weighted by molar-refractivity contribution is 5.88. The Labute approximate surface area is 290 Å². The van der Waals surface area contributed by atoms with Crippen LogP contribution < -0.4 is 14.9 Å². The SMILES string of the molecule is CCC(C)C(=O)OC1C(Oc2cc(O)c3c(=O)c(OC4OC(CO)C(O)C(OC(C)=O)C4O)c(-c4ccc(O)cc4)oc3c2)OC(C)C(O)C1O. The molecular formula is C34H40O17. The lowest BCUT2D eigenvalue weighted by Gasteiger charge is -2.41. The summed E-state index contributed by atoms with van der Waals surface area (Å²) < 4.78 is 39.5. The Morgan fingerprint density at radius 2 is 1.57 bits per heavy atom. The fourth-order valence-corrected chi connectivity index (χ4v) is 5.61. The van der Waals surface area contributed by atoms with E-state index in [9.17, 15) is 50.1 Å². The van der Waals surface area contributed by atoms with Crippen LogP contribution in [0.15, 0.2) is 45.6 Å². The monoisotopic (exact) mass is 720 g/mol. The van der Waals surface area contributed by atoms with Crippen LogP contribution in [-0.2, 0) is 28.5 Å². The summed E-state index contributed by atoms with van der Waals surface area (Å²) in [6.45, 7) is 5.09. The van der Waals surface area contributed by atoms with Crippen LogP contribution in [0, 0.1) is 5.92 Å². The molecule has 51 heavy (non-hydrogen) atoms. The first-order valence-electron chi connectivity index (χ1n) is 16.1. The van der Waals surface area contributed by atoms with Gasteiger partial charge in [-0.1, -0.05) is 13.8 Å². The first kappa shape index (κ1) is 37.8. The average Bonchev–Trinajstić information content (AvgIpc) is 3.09. The van der Waals surface area contributed by atoms with Crippen LogP contribution >= 0.6 is 0 Å². The molecule has 17 nitrogen and oxygen atoms in total. The zero-order valence-corrected chi connectivity index (χ0v) is 27.9. The third-order valence-electron chi connectivity index (χ3n) is 8.70. The van der Waals surface area contributed by atoms with Crippen LogP contribution in [0.4, 0.5) is 0 Å². The number of hydrogen-bond acceptors (Lipinski definition) is 17. The Bertz CT molecular complexity index is 1770. The van der Waals surface area contributed by atoms with E-state index in [0.29, 0.717) is 6.42 Å². The quantitative estimate of drug-likeness (QED) is 0.140. The van der Waals surface area contributed by atoms with E-state index in [1.54, 1.807) is 13.8 Å². The molecule has 0 saturated carbocycles. The Kier molecular flexibility index (Phi) is 11.4. The topological polar surface area (TPSA) is 261 Å². The summed E-state index contributed by atoms with van der Waals surface area (Å²) >= 11 is 0. The molecule has 3 aromatic rings. The van der Waals surface area contributed by atoms with Gasteiger partial charge in [0.1, 0.15) is 52.6 Å². The standard InChI is InChI=1S/C34H40O17/c1-5-13(2)32(44)50-31-26(42)23(39)14(3)45-34(31)47-18-10-19(38)22-20(11-18)48-28(16-6-8-17(37)9-7-16)30(25(22)41)51-33-27(43)29(46-15(4)36)24(40)21(12-35)49-33/h6-11,13-14,21,23-24,26-27,29,31,33-35,37-40,42-43H,5,12H2,1-4H3. The number of aliphatic hydroxyl groups is 5. The number of carbonyl (C=O) groups excluding carboxylic acids is 2. The maximum Gasteiger partial charge on any atom is 0.309 e. The third-order valence-corrected chi connectivity index (χ3v) is 8.70. The predicted octanol–water partition coefficient (Wildman–Crippen LogP) is 0.424. The third kappa shape index (κ3) is 7.74. The van der Waals surface area contributed by atoms with Crippen molar-refractivity contribution < 1.29 is 78.2 Å². The molecule has 0 radical (unpaired) electrons. The van der Waals surface area contributed by atoms with E-state index in [1.807, 2.05) is 0 Å². The first-order chi connectivity index (χ1) is 24.1. The van der Waals surface area contributed by atoms with E-state index in [0.717, 1.165) is 13.0 Å². The molecule has 17 heteroatoms. The molecule has 0 aliphatic carbocycles. The fourth-order valence-electron chi connectivity index (χ4n) is 5.61. The van der Waals surface area contributed by atoms with Gasteiger partial charge in [0.15, 0.2) is 24.1 Å². The zero-order chi connectivity index (χ0) is 37.3. The number of rotatable bonds is 10. The van der Waals surface area contributed by atoms with Crippen molar-refractivity contribution in [3.8, 4) is 34.3 Å². The van der Waals surface area contributed by atoms with Gasteiger partial charge in [0, 0.05) is 24.6 Å². The van der Waals surface area contributed by atoms with Crippen molar-refractivity contribution >= 4 is 22.9 Å². The van der Waals surface area contributed by atoms with Crippen LogP contribution in [0.2, 0.25) is 0 Å². The molecule has 11 atom stereocenters. The zero-order valence-electron chi connectivity index (χ0n) is 27.9. The van der Waals surface area contributed by atoms with Crippen molar-refractivity contribution in [2.75, 3.05) is 6.61 Å². The van der Waals surface area contributed by atoms with Gasteiger partial charge < -0.3 is 68.6 Å². The molecule has 0 amide bonds. The Morgan fingerprint density at radius 3 is 2.20 bits per heavy atom. The van der Waals surface area contributed by atoms with E-state index in [4.69, 9.17) is 32.8 Å². The Balaban J connectivity index is 1.57. The second-order valence-electron chi connectivity index (χ2n) is 12.4. The summed E-state index contributed by atoms with van der Waals surface area (Å²) in [7, 11) is 0. The normalized spacial score (nSPS) is 30.0. The summed E-state index contributed by atoms with van der Waals surface area (Å²) in [6, 6.07) is 7.51. The second kappa shape index (κ2) is 15.4. The van der Waals surface area contributed by atoms with Crippen molar-refractivity contribution in [2.24, 2.45) is 5.92 Å². The van der Waals surface area contributed by atoms with Gasteiger partial charge >= 0.3 is 11.9 Å². The lowest BCUT2D eigenvalue weighted by Crippen LogP contribution is -2.61. The summed E-state index contributed by atoms with van der Waals surface area (Å²) in [5.74, 6) is -4.00. The molecule has 2 aliphatic heterocycles. The van der Waals surface area contributed by atoms with E-state index in [-0.39, 0.29) is 28.4 Å². The Morgan fingerprint density at radius 1 is 0.882 bits per heavy atom. The maximum atomic E-state index is 14.1. The second-order valence-corrected chi connectivity index (χ2v) is 12.4. The number of aromatic hydroxyl groups is 2.